The number of hydrogen-bond donors (Lipinski definition) is 1. The Hall–Kier alpha value is -1.02. The minimum Gasteiger partial charge on any atom is -0.493 e. The maximum absolute atomic E-state index is 6.19. The molecule has 0 saturated heterocycles. The lowest BCUT2D eigenvalue weighted by atomic mass is 9.89. The molecule has 0 aromatic heterocycles. The van der Waals surface area contributed by atoms with Crippen LogP contribution >= 0.6 is 0 Å². The Morgan fingerprint density at radius 3 is 2.70 bits per heavy atom. The molecule has 3 aliphatic carbocycles. The fourth-order valence-electron chi connectivity index (χ4n) is 4.11. The molecule has 1 aromatic rings. The zero-order valence-electron chi connectivity index (χ0n) is 12.2. The van der Waals surface area contributed by atoms with Gasteiger partial charge in [0.2, 0.25) is 0 Å². The Labute approximate surface area is 121 Å². The van der Waals surface area contributed by atoms with Crippen molar-refractivity contribution >= 4 is 0 Å². The molecule has 20 heavy (non-hydrogen) atoms. The summed E-state index contributed by atoms with van der Waals surface area (Å²) in [4.78, 5) is 0. The lowest BCUT2D eigenvalue weighted by molar-refractivity contribution is 0.194. The molecule has 0 radical (unpaired) electrons. The van der Waals surface area contributed by atoms with E-state index in [1.165, 1.54) is 44.1 Å². The van der Waals surface area contributed by atoms with Crippen molar-refractivity contribution in [2.45, 2.75) is 51.1 Å². The Balaban J connectivity index is 1.35. The van der Waals surface area contributed by atoms with Gasteiger partial charge in [0.15, 0.2) is 0 Å². The first kappa shape index (κ1) is 12.7. The molecule has 3 aliphatic rings. The van der Waals surface area contributed by atoms with Crippen LogP contribution in [-0.4, -0.2) is 12.6 Å². The summed E-state index contributed by atoms with van der Waals surface area (Å²) in [6, 6.07) is 9.31. The average Bonchev–Trinajstić information content (AvgIpc) is 3.08. The van der Waals surface area contributed by atoms with Crippen LogP contribution in [0.3, 0.4) is 0 Å². The van der Waals surface area contributed by atoms with Gasteiger partial charge >= 0.3 is 0 Å². The molecule has 2 nitrogen and oxygen atoms in total. The number of fused-ring (bicyclic) bond motifs is 2. The minimum absolute atomic E-state index is 0.758. The van der Waals surface area contributed by atoms with Crippen LogP contribution in [-0.2, 0) is 6.54 Å². The molecule has 0 amide bonds. The van der Waals surface area contributed by atoms with Gasteiger partial charge in [-0.3, -0.25) is 0 Å². The second-order valence-electron chi connectivity index (χ2n) is 7.01. The van der Waals surface area contributed by atoms with Crippen molar-refractivity contribution in [2.75, 3.05) is 6.61 Å². The van der Waals surface area contributed by atoms with Crippen LogP contribution in [0, 0.1) is 17.8 Å². The van der Waals surface area contributed by atoms with Gasteiger partial charge in [0.1, 0.15) is 5.75 Å². The van der Waals surface area contributed by atoms with Gasteiger partial charge in [-0.15, -0.1) is 0 Å². The van der Waals surface area contributed by atoms with Gasteiger partial charge in [-0.2, -0.15) is 0 Å². The Morgan fingerprint density at radius 1 is 1.05 bits per heavy atom. The smallest absolute Gasteiger partial charge is 0.123 e. The van der Waals surface area contributed by atoms with Crippen LogP contribution in [0.2, 0.25) is 0 Å². The molecule has 3 fully saturated rings. The molecule has 0 spiro atoms. The molecular weight excluding hydrogens is 246 g/mol. The Bertz CT molecular complexity index is 468. The summed E-state index contributed by atoms with van der Waals surface area (Å²) in [5.41, 5.74) is 1.32. The molecule has 2 heteroatoms. The van der Waals surface area contributed by atoms with Crippen LogP contribution in [0.15, 0.2) is 24.3 Å². The summed E-state index contributed by atoms with van der Waals surface area (Å²) < 4.78 is 6.19. The van der Waals surface area contributed by atoms with Crippen LogP contribution in [0.1, 0.15) is 44.1 Å². The van der Waals surface area contributed by atoms with Crippen molar-refractivity contribution in [3.63, 3.8) is 0 Å². The van der Waals surface area contributed by atoms with Crippen LogP contribution < -0.4 is 10.1 Å². The van der Waals surface area contributed by atoms with Crippen molar-refractivity contribution in [3.05, 3.63) is 29.8 Å². The van der Waals surface area contributed by atoms with Crippen molar-refractivity contribution in [2.24, 2.45) is 17.8 Å². The standard InChI is InChI=1S/C18H25NO/c1-2-4-18(15(3-1)11-19-17-7-8-17)20-12-16-10-13-5-6-14(16)9-13/h1-4,13-14,16-17,19H,5-12H2. The lowest BCUT2D eigenvalue weighted by Crippen LogP contribution is -2.20. The minimum atomic E-state index is 0.758. The number of hydrogen-bond acceptors (Lipinski definition) is 2. The second kappa shape index (κ2) is 5.40. The molecule has 0 aliphatic heterocycles. The second-order valence-corrected chi connectivity index (χ2v) is 7.01. The molecular formula is C18H25NO. The van der Waals surface area contributed by atoms with E-state index in [2.05, 4.69) is 29.6 Å². The van der Waals surface area contributed by atoms with Gasteiger partial charge in [0.05, 0.1) is 6.61 Å². The molecule has 1 aromatic carbocycles. The third-order valence-corrected chi connectivity index (χ3v) is 5.47. The van der Waals surface area contributed by atoms with E-state index in [0.717, 1.165) is 42.7 Å². The molecule has 0 heterocycles. The van der Waals surface area contributed by atoms with Crippen LogP contribution in [0.25, 0.3) is 0 Å². The fourth-order valence-corrected chi connectivity index (χ4v) is 4.11. The van der Waals surface area contributed by atoms with Gasteiger partial charge in [-0.05, 0) is 55.9 Å². The lowest BCUT2D eigenvalue weighted by Gasteiger charge is -2.22. The molecule has 3 atom stereocenters. The normalized spacial score (nSPS) is 31.7. The van der Waals surface area contributed by atoms with E-state index in [1.807, 2.05) is 0 Å². The van der Waals surface area contributed by atoms with Gasteiger partial charge < -0.3 is 10.1 Å². The summed E-state index contributed by atoms with van der Waals surface area (Å²) >= 11 is 0. The molecule has 2 bridgehead atoms. The van der Waals surface area contributed by atoms with Gasteiger partial charge in [0, 0.05) is 18.2 Å². The maximum atomic E-state index is 6.19. The summed E-state index contributed by atoms with van der Waals surface area (Å²) in [5, 5.41) is 3.59. The van der Waals surface area contributed by atoms with Crippen molar-refractivity contribution in [1.29, 1.82) is 0 Å². The first-order chi connectivity index (χ1) is 9.88. The Morgan fingerprint density at radius 2 is 1.95 bits per heavy atom. The molecule has 108 valence electrons. The third kappa shape index (κ3) is 2.71. The highest BCUT2D eigenvalue weighted by Crippen LogP contribution is 2.48. The van der Waals surface area contributed by atoms with E-state index in [9.17, 15) is 0 Å². The van der Waals surface area contributed by atoms with Crippen LogP contribution in [0.4, 0.5) is 0 Å². The zero-order valence-corrected chi connectivity index (χ0v) is 12.2. The van der Waals surface area contributed by atoms with E-state index in [-0.39, 0.29) is 0 Å². The summed E-state index contributed by atoms with van der Waals surface area (Å²) in [6.45, 7) is 1.89. The van der Waals surface area contributed by atoms with Crippen molar-refractivity contribution < 1.29 is 4.74 Å². The quantitative estimate of drug-likeness (QED) is 0.850. The molecule has 3 saturated carbocycles. The molecule has 3 unspecified atom stereocenters. The van der Waals surface area contributed by atoms with Crippen molar-refractivity contribution in [1.82, 2.24) is 5.32 Å². The summed E-state index contributed by atoms with van der Waals surface area (Å²) in [7, 11) is 0. The zero-order chi connectivity index (χ0) is 13.4. The SMILES string of the molecule is c1ccc(OCC2CC3CCC2C3)c(CNC2CC2)c1. The average molecular weight is 271 g/mol. The topological polar surface area (TPSA) is 21.3 Å². The maximum Gasteiger partial charge on any atom is 0.123 e. The monoisotopic (exact) mass is 271 g/mol. The van der Waals surface area contributed by atoms with Gasteiger partial charge in [-0.25, -0.2) is 0 Å². The highest BCUT2D eigenvalue weighted by atomic mass is 16.5. The fraction of sp³-hybridized carbons (Fsp3) is 0.667. The van der Waals surface area contributed by atoms with E-state index in [1.54, 1.807) is 0 Å². The number of rotatable bonds is 6. The van der Waals surface area contributed by atoms with E-state index in [4.69, 9.17) is 4.74 Å². The van der Waals surface area contributed by atoms with Gasteiger partial charge in [-0.1, -0.05) is 24.6 Å². The molecule has 1 N–H and O–H groups in total. The highest BCUT2D eigenvalue weighted by molar-refractivity contribution is 5.33. The first-order valence-corrected chi connectivity index (χ1v) is 8.32. The predicted molar refractivity (Wildman–Crippen MR) is 80.7 cm³/mol. The number of ether oxygens (including phenoxy) is 1. The first-order valence-electron chi connectivity index (χ1n) is 8.32. The van der Waals surface area contributed by atoms with Gasteiger partial charge in [0.25, 0.3) is 0 Å². The summed E-state index contributed by atoms with van der Waals surface area (Å²) in [5.74, 6) is 3.89. The number of para-hydroxylation sites is 1. The largest absolute Gasteiger partial charge is 0.493 e. The molecule has 4 rings (SSSR count). The van der Waals surface area contributed by atoms with E-state index in [0.29, 0.717) is 0 Å². The number of benzene rings is 1. The third-order valence-electron chi connectivity index (χ3n) is 5.47. The van der Waals surface area contributed by atoms with E-state index < -0.39 is 0 Å². The predicted octanol–water partition coefficient (Wildman–Crippen LogP) is 3.75. The van der Waals surface area contributed by atoms with Crippen molar-refractivity contribution in [3.8, 4) is 5.75 Å². The van der Waals surface area contributed by atoms with E-state index >= 15 is 0 Å². The van der Waals surface area contributed by atoms with Crippen LogP contribution in [0.5, 0.6) is 5.75 Å². The Kier molecular flexibility index (Phi) is 3.43. The number of nitrogens with one attached hydrogen (secondary N) is 1. The summed E-state index contributed by atoms with van der Waals surface area (Å²) in [6.07, 6.45) is 8.49. The highest BCUT2D eigenvalue weighted by Gasteiger charge is 2.39.